The number of rotatable bonds is 4. The van der Waals surface area contributed by atoms with Crippen molar-refractivity contribution in [3.05, 3.63) is 50.9 Å². The summed E-state index contributed by atoms with van der Waals surface area (Å²) in [7, 11) is 0. The quantitative estimate of drug-likeness (QED) is 0.683. The molecule has 0 aliphatic carbocycles. The molecule has 1 saturated heterocycles. The molecule has 3 aromatic rings. The van der Waals surface area contributed by atoms with Crippen LogP contribution in [0.2, 0.25) is 10.0 Å². The first-order chi connectivity index (χ1) is 14.1. The minimum absolute atomic E-state index is 0.411. The lowest BCUT2D eigenvalue weighted by Crippen LogP contribution is -2.36. The van der Waals surface area contributed by atoms with E-state index in [1.54, 1.807) is 18.2 Å². The van der Waals surface area contributed by atoms with E-state index < -0.39 is 0 Å². The number of hydrogen-bond acceptors (Lipinski definition) is 6. The fourth-order valence-electron chi connectivity index (χ4n) is 3.02. The number of nitrogens with one attached hydrogen (secondary N) is 1. The Balaban J connectivity index is 1.68. The van der Waals surface area contributed by atoms with Gasteiger partial charge in [-0.25, -0.2) is 4.98 Å². The molecule has 0 amide bonds. The van der Waals surface area contributed by atoms with Gasteiger partial charge in [0.1, 0.15) is 5.82 Å². The van der Waals surface area contributed by atoms with E-state index in [0.29, 0.717) is 57.3 Å². The summed E-state index contributed by atoms with van der Waals surface area (Å²) in [4.78, 5) is 9.76. The highest BCUT2D eigenvalue weighted by molar-refractivity contribution is 6.38. The number of aromatic amines is 1. The number of aromatic nitrogens is 4. The summed E-state index contributed by atoms with van der Waals surface area (Å²) in [6, 6.07) is 5.80. The number of H-pyrrole nitrogens is 1. The molecule has 1 aromatic carbocycles. The predicted molar refractivity (Wildman–Crippen MR) is 114 cm³/mol. The minimum Gasteiger partial charge on any atom is -0.403 e. The van der Waals surface area contributed by atoms with Gasteiger partial charge in [0.15, 0.2) is 0 Å². The Morgan fingerprint density at radius 3 is 2.62 bits per heavy atom. The number of hydrogen-bond donors (Lipinski definition) is 1. The molecule has 2 aromatic heterocycles. The van der Waals surface area contributed by atoms with E-state index in [2.05, 4.69) is 26.7 Å². The molecule has 4 rings (SSSR count). The third-order valence-corrected chi connectivity index (χ3v) is 5.19. The fraction of sp³-hybridized carbons (Fsp3) is 0.250. The van der Waals surface area contributed by atoms with Crippen molar-refractivity contribution in [1.82, 2.24) is 20.2 Å². The molecule has 3 heterocycles. The molecular weight excluding hydrogens is 413 g/mol. The van der Waals surface area contributed by atoms with Gasteiger partial charge >= 0.3 is 6.01 Å². The average Bonchev–Trinajstić information content (AvgIpc) is 3.34. The van der Waals surface area contributed by atoms with Gasteiger partial charge in [-0.05, 0) is 25.1 Å². The third-order valence-electron chi connectivity index (χ3n) is 4.56. The summed E-state index contributed by atoms with van der Waals surface area (Å²) in [6.07, 6.45) is 3.72. The highest BCUT2D eigenvalue weighted by Crippen LogP contribution is 2.31. The normalized spacial score (nSPS) is 15.9. The molecule has 0 bridgehead atoms. The van der Waals surface area contributed by atoms with Gasteiger partial charge in [-0.2, -0.15) is 0 Å². The van der Waals surface area contributed by atoms with Crippen molar-refractivity contribution in [3.63, 3.8) is 0 Å². The molecule has 150 valence electrons. The van der Waals surface area contributed by atoms with E-state index in [0.717, 1.165) is 18.7 Å². The Morgan fingerprint density at radius 1 is 1.21 bits per heavy atom. The van der Waals surface area contributed by atoms with Crippen molar-refractivity contribution in [3.8, 4) is 11.4 Å². The molecule has 1 aliphatic heterocycles. The lowest BCUT2D eigenvalue weighted by Gasteiger charge is -2.24. The standard InChI is InChI=1S/C20H19Cl2N5O2/c1-3-13(19-25-26-20(29-19)27-7-9-28-10-8-27)11-16-12(2)23-18(24-16)17-14(21)5-4-6-15(17)22/h3-6,11H,2,7-10H2,1H3,(H,23,24)/b13-3+,16-11+. The fourth-order valence-corrected chi connectivity index (χ4v) is 3.59. The van der Waals surface area contributed by atoms with E-state index in [1.807, 2.05) is 24.0 Å². The Morgan fingerprint density at radius 2 is 1.93 bits per heavy atom. The number of halogens is 2. The lowest BCUT2D eigenvalue weighted by atomic mass is 10.2. The van der Waals surface area contributed by atoms with E-state index in [1.165, 1.54) is 0 Å². The van der Waals surface area contributed by atoms with Crippen LogP contribution in [0.3, 0.4) is 0 Å². The monoisotopic (exact) mass is 431 g/mol. The van der Waals surface area contributed by atoms with Crippen molar-refractivity contribution in [2.45, 2.75) is 6.92 Å². The number of ether oxygens (including phenoxy) is 1. The SMILES string of the molecule is C=c1[nH]c(-c2c(Cl)cccc2Cl)n/c1=C/C(=C\C)c1nnc(N2CCOCC2)o1. The predicted octanol–water partition coefficient (Wildman–Crippen LogP) is 2.90. The van der Waals surface area contributed by atoms with Gasteiger partial charge in [0, 0.05) is 18.7 Å². The van der Waals surface area contributed by atoms with Crippen LogP contribution in [0.15, 0.2) is 28.7 Å². The van der Waals surface area contributed by atoms with Crippen molar-refractivity contribution >= 4 is 47.4 Å². The van der Waals surface area contributed by atoms with E-state index in [-0.39, 0.29) is 0 Å². The van der Waals surface area contributed by atoms with Crippen LogP contribution in [-0.4, -0.2) is 46.5 Å². The van der Waals surface area contributed by atoms with E-state index in [4.69, 9.17) is 32.4 Å². The Hall–Kier alpha value is -2.61. The summed E-state index contributed by atoms with van der Waals surface area (Å²) in [5, 5.41) is 10.6. The smallest absolute Gasteiger partial charge is 0.318 e. The van der Waals surface area contributed by atoms with Crippen LogP contribution < -0.4 is 15.6 Å². The second kappa shape index (κ2) is 8.41. The molecule has 0 atom stereocenters. The Bertz CT molecular complexity index is 1140. The van der Waals surface area contributed by atoms with Crippen molar-refractivity contribution in [2.24, 2.45) is 0 Å². The first-order valence-electron chi connectivity index (χ1n) is 9.10. The van der Waals surface area contributed by atoms with E-state index >= 15 is 0 Å². The van der Waals surface area contributed by atoms with Crippen LogP contribution in [0.1, 0.15) is 12.8 Å². The van der Waals surface area contributed by atoms with Crippen LogP contribution in [0.5, 0.6) is 0 Å². The van der Waals surface area contributed by atoms with Crippen LogP contribution in [0.25, 0.3) is 29.6 Å². The van der Waals surface area contributed by atoms with Gasteiger partial charge in [-0.3, -0.25) is 0 Å². The number of benzene rings is 1. The van der Waals surface area contributed by atoms with E-state index in [9.17, 15) is 0 Å². The maximum absolute atomic E-state index is 6.30. The maximum Gasteiger partial charge on any atom is 0.318 e. The zero-order valence-corrected chi connectivity index (χ0v) is 17.3. The molecular formula is C20H19Cl2N5O2. The molecule has 0 saturated carbocycles. The van der Waals surface area contributed by atoms with Gasteiger partial charge < -0.3 is 19.0 Å². The van der Waals surface area contributed by atoms with Crippen LogP contribution >= 0.6 is 23.2 Å². The zero-order chi connectivity index (χ0) is 20.4. The van der Waals surface area contributed by atoms with Crippen molar-refractivity contribution in [1.29, 1.82) is 0 Å². The molecule has 29 heavy (non-hydrogen) atoms. The number of imidazole rings is 1. The Labute approximate surface area is 177 Å². The molecule has 0 spiro atoms. The van der Waals surface area contributed by atoms with Gasteiger partial charge in [0.25, 0.3) is 0 Å². The van der Waals surface area contributed by atoms with Gasteiger partial charge in [-0.15, -0.1) is 5.10 Å². The number of allylic oxidation sites excluding steroid dienone is 2. The van der Waals surface area contributed by atoms with Crippen molar-refractivity contribution < 1.29 is 9.15 Å². The molecule has 1 N–H and O–H groups in total. The van der Waals surface area contributed by atoms with Crippen LogP contribution in [0, 0.1) is 0 Å². The summed E-state index contributed by atoms with van der Waals surface area (Å²) in [5.74, 6) is 0.959. The Kier molecular flexibility index (Phi) is 5.71. The van der Waals surface area contributed by atoms with Gasteiger partial charge in [0.2, 0.25) is 5.89 Å². The highest BCUT2D eigenvalue weighted by atomic mass is 35.5. The molecule has 7 nitrogen and oxygen atoms in total. The second-order valence-corrected chi connectivity index (χ2v) is 7.24. The van der Waals surface area contributed by atoms with Crippen LogP contribution in [-0.2, 0) is 4.74 Å². The zero-order valence-electron chi connectivity index (χ0n) is 15.8. The largest absolute Gasteiger partial charge is 0.403 e. The third kappa shape index (κ3) is 4.07. The number of nitrogens with zero attached hydrogens (tertiary/aromatic N) is 4. The minimum atomic E-state index is 0.411. The summed E-state index contributed by atoms with van der Waals surface area (Å²) in [5.41, 5.74) is 1.38. The topological polar surface area (TPSA) is 80.1 Å². The molecule has 0 radical (unpaired) electrons. The number of morpholine rings is 1. The summed E-state index contributed by atoms with van der Waals surface area (Å²) >= 11 is 12.6. The molecule has 9 heteroatoms. The lowest BCUT2D eigenvalue weighted by molar-refractivity contribution is 0.120. The molecule has 1 fully saturated rings. The average molecular weight is 432 g/mol. The second-order valence-electron chi connectivity index (χ2n) is 6.42. The maximum atomic E-state index is 6.30. The summed E-state index contributed by atoms with van der Waals surface area (Å²) in [6.45, 7) is 8.66. The first-order valence-corrected chi connectivity index (χ1v) is 9.86. The first kappa shape index (κ1) is 19.7. The molecule has 0 unspecified atom stereocenters. The summed E-state index contributed by atoms with van der Waals surface area (Å²) < 4.78 is 11.2. The van der Waals surface area contributed by atoms with Crippen LogP contribution in [0.4, 0.5) is 6.01 Å². The van der Waals surface area contributed by atoms with Gasteiger partial charge in [0.05, 0.1) is 39.5 Å². The molecule has 1 aliphatic rings. The van der Waals surface area contributed by atoms with Crippen molar-refractivity contribution in [2.75, 3.05) is 31.2 Å². The highest BCUT2D eigenvalue weighted by Gasteiger charge is 2.18. The number of anilines is 1. The van der Waals surface area contributed by atoms with Gasteiger partial charge in [-0.1, -0.05) is 47.0 Å².